The maximum Gasteiger partial charge on any atom is 0.145 e. The normalized spacial score (nSPS) is 11.8. The molecule has 41 heavy (non-hydrogen) atoms. The molecule has 2 aromatic carbocycles. The lowest BCUT2D eigenvalue weighted by atomic mass is 10.1. The van der Waals surface area contributed by atoms with Crippen molar-refractivity contribution < 1.29 is 28.5 Å². The van der Waals surface area contributed by atoms with Gasteiger partial charge in [-0.25, -0.2) is 4.98 Å². The van der Waals surface area contributed by atoms with E-state index >= 15 is 0 Å². The van der Waals surface area contributed by atoms with Gasteiger partial charge in [-0.2, -0.15) is 0 Å². The van der Waals surface area contributed by atoms with E-state index in [1.807, 2.05) is 23.8 Å². The minimum absolute atomic E-state index is 0.00265. The molecule has 0 saturated heterocycles. The molecular formula is C30H37N3O6S2. The number of pyridine rings is 1. The van der Waals surface area contributed by atoms with Crippen LogP contribution >= 0.6 is 23.1 Å². The fourth-order valence-corrected chi connectivity index (χ4v) is 5.59. The number of benzene rings is 2. The predicted octanol–water partition coefficient (Wildman–Crippen LogP) is 6.12. The molecule has 0 bridgehead atoms. The number of hydrogen-bond donors (Lipinski definition) is 1. The van der Waals surface area contributed by atoms with Crippen molar-refractivity contribution in [3.05, 3.63) is 48.1 Å². The number of nitrogens with zero attached hydrogens (tertiary/aromatic N) is 2. The van der Waals surface area contributed by atoms with Gasteiger partial charge in [0.1, 0.15) is 25.2 Å². The molecule has 0 unspecified atom stereocenters. The Labute approximate surface area is 248 Å². The second kappa shape index (κ2) is 16.0. The first-order valence-corrected chi connectivity index (χ1v) is 15.2. The smallest absolute Gasteiger partial charge is 0.145 e. The van der Waals surface area contributed by atoms with Gasteiger partial charge in [-0.15, -0.1) is 23.1 Å². The Morgan fingerprint density at radius 3 is 2.27 bits per heavy atom. The second-order valence-corrected chi connectivity index (χ2v) is 12.7. The summed E-state index contributed by atoms with van der Waals surface area (Å²) in [6.07, 6.45) is 2.53. The Kier molecular flexibility index (Phi) is 12.2. The number of aromatic nitrogens is 2. The van der Waals surface area contributed by atoms with Gasteiger partial charge in [0.15, 0.2) is 0 Å². The van der Waals surface area contributed by atoms with Crippen molar-refractivity contribution in [2.45, 2.75) is 30.4 Å². The molecule has 0 spiro atoms. The Hall–Kier alpha value is -2.80. The van der Waals surface area contributed by atoms with Crippen LogP contribution in [0.2, 0.25) is 0 Å². The molecule has 2 aromatic heterocycles. The number of carbonyl (C=O) groups is 1. The highest BCUT2D eigenvalue weighted by atomic mass is 32.2. The first-order valence-electron chi connectivity index (χ1n) is 13.5. The summed E-state index contributed by atoms with van der Waals surface area (Å²) in [5, 5.41) is 4.58. The van der Waals surface area contributed by atoms with E-state index in [2.05, 4.69) is 60.3 Å². The topological polar surface area (TPSA) is 101 Å². The van der Waals surface area contributed by atoms with Gasteiger partial charge in [0.05, 0.1) is 72.4 Å². The average Bonchev–Trinajstić information content (AvgIpc) is 3.41. The molecule has 9 nitrogen and oxygen atoms in total. The van der Waals surface area contributed by atoms with Gasteiger partial charge in [-0.05, 0) is 30.3 Å². The highest BCUT2D eigenvalue weighted by Crippen LogP contribution is 2.41. The van der Waals surface area contributed by atoms with Crippen LogP contribution in [-0.4, -0.2) is 80.5 Å². The largest absolute Gasteiger partial charge is 0.490 e. The molecule has 1 N–H and O–H groups in total. The van der Waals surface area contributed by atoms with Gasteiger partial charge in [-0.3, -0.25) is 4.98 Å². The summed E-state index contributed by atoms with van der Waals surface area (Å²) in [6.45, 7) is 10.2. The highest BCUT2D eigenvalue weighted by Gasteiger charge is 2.18. The van der Waals surface area contributed by atoms with Gasteiger partial charge in [0.25, 0.3) is 0 Å². The molecule has 11 heteroatoms. The number of thiazole rings is 1. The van der Waals surface area contributed by atoms with Crippen LogP contribution in [0.4, 0.5) is 11.4 Å². The Balaban J connectivity index is 1.29. The Morgan fingerprint density at radius 1 is 0.854 bits per heavy atom. The van der Waals surface area contributed by atoms with Crippen molar-refractivity contribution >= 4 is 61.9 Å². The third-order valence-corrected chi connectivity index (χ3v) is 7.58. The number of fused-ring (bicyclic) bond motifs is 2. The minimum atomic E-state index is -0.00265. The van der Waals surface area contributed by atoms with Crippen LogP contribution in [0.1, 0.15) is 20.8 Å². The average molecular weight is 600 g/mol. The first kappa shape index (κ1) is 31.1. The summed E-state index contributed by atoms with van der Waals surface area (Å²) in [5.74, 6) is 0.792. The number of nitrogens with one attached hydrogen (secondary N) is 1. The van der Waals surface area contributed by atoms with Gasteiger partial charge >= 0.3 is 0 Å². The SMILES string of the molecule is CC(C)(C)Sc1cc2c(Nc3ccc4scnc4c3)ccnc2cc1OCCOCCOCCOCCOCC=O. The van der Waals surface area contributed by atoms with Crippen LogP contribution in [0.3, 0.4) is 0 Å². The van der Waals surface area contributed by atoms with E-state index in [9.17, 15) is 4.79 Å². The number of ether oxygens (including phenoxy) is 5. The molecular weight excluding hydrogens is 562 g/mol. The molecule has 0 amide bonds. The van der Waals surface area contributed by atoms with E-state index in [1.165, 1.54) is 0 Å². The van der Waals surface area contributed by atoms with Crippen molar-refractivity contribution in [3.8, 4) is 5.75 Å². The standard InChI is InChI=1S/C30H37N3O6S2/c1-30(2,3)41-29-19-23-24(33-22-4-5-28-26(18-22)32-21-40-28)6-7-31-25(23)20-27(29)39-17-16-38-15-14-37-13-12-36-11-10-35-9-8-34/h4-8,18-21H,9-17H2,1-3H3,(H,31,33). The van der Waals surface area contributed by atoms with E-state index in [1.54, 1.807) is 23.1 Å². The van der Waals surface area contributed by atoms with Crippen LogP contribution in [0.25, 0.3) is 21.1 Å². The van der Waals surface area contributed by atoms with Crippen LogP contribution in [0.15, 0.2) is 53.0 Å². The minimum Gasteiger partial charge on any atom is -0.490 e. The molecule has 4 aromatic rings. The first-order chi connectivity index (χ1) is 19.9. The number of thioether (sulfide) groups is 1. The van der Waals surface area contributed by atoms with Crippen molar-refractivity contribution in [3.63, 3.8) is 0 Å². The van der Waals surface area contributed by atoms with Crippen LogP contribution in [-0.2, 0) is 23.7 Å². The molecule has 0 aliphatic carbocycles. The van der Waals surface area contributed by atoms with Crippen LogP contribution in [0.5, 0.6) is 5.75 Å². The molecule has 0 atom stereocenters. The monoisotopic (exact) mass is 599 g/mol. The molecule has 0 aliphatic heterocycles. The Bertz CT molecular complexity index is 1390. The van der Waals surface area contributed by atoms with Gasteiger partial charge < -0.3 is 33.8 Å². The van der Waals surface area contributed by atoms with Crippen molar-refractivity contribution in [2.24, 2.45) is 0 Å². The zero-order valence-corrected chi connectivity index (χ0v) is 25.4. The Morgan fingerprint density at radius 2 is 1.56 bits per heavy atom. The number of aldehydes is 1. The van der Waals surface area contributed by atoms with E-state index in [-0.39, 0.29) is 11.4 Å². The van der Waals surface area contributed by atoms with E-state index < -0.39 is 0 Å². The molecule has 0 radical (unpaired) electrons. The lowest BCUT2D eigenvalue weighted by molar-refractivity contribution is -0.112. The summed E-state index contributed by atoms with van der Waals surface area (Å²) in [6, 6.07) is 12.4. The summed E-state index contributed by atoms with van der Waals surface area (Å²) in [5.41, 5.74) is 5.66. The second-order valence-electron chi connectivity index (χ2n) is 9.98. The van der Waals surface area contributed by atoms with Gasteiger partial charge in [-0.1, -0.05) is 20.8 Å². The van der Waals surface area contributed by atoms with E-state index in [0.717, 1.165) is 49.4 Å². The van der Waals surface area contributed by atoms with Gasteiger partial charge in [0, 0.05) is 33.8 Å². The zero-order valence-electron chi connectivity index (χ0n) is 23.7. The summed E-state index contributed by atoms with van der Waals surface area (Å²) in [7, 11) is 0. The van der Waals surface area contributed by atoms with Crippen molar-refractivity contribution in [2.75, 3.05) is 64.8 Å². The summed E-state index contributed by atoms with van der Waals surface area (Å²) >= 11 is 3.40. The maximum absolute atomic E-state index is 10.2. The quantitative estimate of drug-likeness (QED) is 0.0817. The van der Waals surface area contributed by atoms with E-state index in [0.29, 0.717) is 52.9 Å². The molecule has 0 fully saturated rings. The van der Waals surface area contributed by atoms with Gasteiger partial charge in [0.2, 0.25) is 0 Å². The molecule has 2 heterocycles. The van der Waals surface area contributed by atoms with Crippen LogP contribution < -0.4 is 10.1 Å². The third kappa shape index (κ3) is 10.2. The number of hydrogen-bond acceptors (Lipinski definition) is 11. The number of carbonyl (C=O) groups excluding carboxylic acids is 1. The van der Waals surface area contributed by atoms with Crippen molar-refractivity contribution in [1.82, 2.24) is 9.97 Å². The molecule has 4 rings (SSSR count). The lowest BCUT2D eigenvalue weighted by Gasteiger charge is -2.21. The van der Waals surface area contributed by atoms with Crippen LogP contribution in [0, 0.1) is 0 Å². The summed E-state index contributed by atoms with van der Waals surface area (Å²) in [4.78, 5) is 20.3. The van der Waals surface area contributed by atoms with E-state index in [4.69, 9.17) is 23.7 Å². The molecule has 220 valence electrons. The molecule has 0 saturated carbocycles. The zero-order chi connectivity index (χ0) is 28.9. The number of rotatable bonds is 18. The third-order valence-electron chi connectivity index (χ3n) is 5.62. The predicted molar refractivity (Wildman–Crippen MR) is 165 cm³/mol. The fraction of sp³-hybridized carbons (Fsp3) is 0.433. The maximum atomic E-state index is 10.2. The fourth-order valence-electron chi connectivity index (χ4n) is 3.88. The summed E-state index contributed by atoms with van der Waals surface area (Å²) < 4.78 is 28.9. The lowest BCUT2D eigenvalue weighted by Crippen LogP contribution is -2.14. The molecule has 0 aliphatic rings. The van der Waals surface area contributed by atoms with Crippen molar-refractivity contribution in [1.29, 1.82) is 0 Å². The highest BCUT2D eigenvalue weighted by molar-refractivity contribution is 8.00. The number of anilines is 2.